The summed E-state index contributed by atoms with van der Waals surface area (Å²) in [4.78, 5) is 65.4. The number of aromatic hydroxyl groups is 2. The third-order valence-corrected chi connectivity index (χ3v) is 9.64. The highest BCUT2D eigenvalue weighted by Crippen LogP contribution is 2.55. The SMILES string of the molecule is CCCCC(=O)OCC(=O)[C@]1(O)Cc2c(O)c3c(c(O)c2[C@@](C)(O[C@H]2C[C@H](NC(=O)C(F)(F)F)[C@H](O)[C@H](C)O2)C1)C(=O)c1c(OC)cccc1C3=O. The Labute approximate surface area is 294 Å². The second-order valence-corrected chi connectivity index (χ2v) is 13.3. The van der Waals surface area contributed by atoms with Crippen LogP contribution in [0.2, 0.25) is 0 Å². The molecule has 0 spiro atoms. The number of carbonyl (C=O) groups excluding carboxylic acids is 5. The molecule has 6 atom stereocenters. The van der Waals surface area contributed by atoms with Gasteiger partial charge in [-0.05, 0) is 26.3 Å². The van der Waals surface area contributed by atoms with Gasteiger partial charge in [0.1, 0.15) is 34.6 Å². The van der Waals surface area contributed by atoms with Gasteiger partial charge in [0.2, 0.25) is 11.6 Å². The summed E-state index contributed by atoms with van der Waals surface area (Å²) in [6.07, 6.45) is -10.8. The summed E-state index contributed by atoms with van der Waals surface area (Å²) in [5.74, 6) is -7.70. The molecule has 5 N–H and O–H groups in total. The highest BCUT2D eigenvalue weighted by atomic mass is 19.4. The van der Waals surface area contributed by atoms with Gasteiger partial charge in [0, 0.05) is 42.4 Å². The van der Waals surface area contributed by atoms with Crippen LogP contribution in [0.5, 0.6) is 17.2 Å². The van der Waals surface area contributed by atoms with Crippen molar-refractivity contribution in [2.75, 3.05) is 13.7 Å². The number of unbranched alkanes of at least 4 members (excludes halogenated alkanes) is 1. The smallest absolute Gasteiger partial charge is 0.471 e. The van der Waals surface area contributed by atoms with Crippen molar-refractivity contribution in [2.45, 2.75) is 101 Å². The fourth-order valence-corrected chi connectivity index (χ4v) is 7.12. The molecule has 2 aromatic rings. The molecule has 1 fully saturated rings. The van der Waals surface area contributed by atoms with Crippen LogP contribution in [0.1, 0.15) is 95.8 Å². The van der Waals surface area contributed by atoms with Crippen LogP contribution >= 0.6 is 0 Å². The zero-order valence-electron chi connectivity index (χ0n) is 28.6. The first kappa shape index (κ1) is 38.6. The van der Waals surface area contributed by atoms with Gasteiger partial charge >= 0.3 is 18.1 Å². The number of benzene rings is 2. The van der Waals surface area contributed by atoms with Crippen LogP contribution in [0, 0.1) is 0 Å². The minimum atomic E-state index is -5.30. The van der Waals surface area contributed by atoms with Gasteiger partial charge in [0.25, 0.3) is 0 Å². The lowest BCUT2D eigenvalue weighted by atomic mass is 9.67. The van der Waals surface area contributed by atoms with Crippen molar-refractivity contribution in [1.29, 1.82) is 0 Å². The van der Waals surface area contributed by atoms with Crippen molar-refractivity contribution in [3.05, 3.63) is 51.6 Å². The molecule has 14 nitrogen and oxygen atoms in total. The van der Waals surface area contributed by atoms with Gasteiger partial charge in [-0.3, -0.25) is 24.0 Å². The van der Waals surface area contributed by atoms with E-state index in [-0.39, 0.29) is 28.9 Å². The van der Waals surface area contributed by atoms with Gasteiger partial charge in [0.15, 0.2) is 18.7 Å². The molecule has 1 aliphatic heterocycles. The fourth-order valence-electron chi connectivity index (χ4n) is 7.12. The number of hydrogen-bond donors (Lipinski definition) is 5. The molecule has 0 aromatic heterocycles. The van der Waals surface area contributed by atoms with Crippen LogP contribution in [0.3, 0.4) is 0 Å². The quantitative estimate of drug-likeness (QED) is 0.150. The molecular weight excluding hydrogens is 699 g/mol. The van der Waals surface area contributed by atoms with Crippen LogP contribution in [0.25, 0.3) is 0 Å². The van der Waals surface area contributed by atoms with Crippen LogP contribution in [-0.4, -0.2) is 99.7 Å². The highest BCUT2D eigenvalue weighted by Gasteiger charge is 2.56. The highest BCUT2D eigenvalue weighted by molar-refractivity contribution is 6.31. The molecule has 0 bridgehead atoms. The maximum absolute atomic E-state index is 14.0. The average Bonchev–Trinajstić information content (AvgIpc) is 3.07. The van der Waals surface area contributed by atoms with E-state index in [4.69, 9.17) is 18.9 Å². The molecule has 5 rings (SSSR count). The first-order valence-corrected chi connectivity index (χ1v) is 16.5. The lowest BCUT2D eigenvalue weighted by molar-refractivity contribution is -0.276. The lowest BCUT2D eigenvalue weighted by Crippen LogP contribution is -2.59. The number of fused-ring (bicyclic) bond motifs is 3. The largest absolute Gasteiger partial charge is 0.507 e. The molecule has 1 amide bonds. The first-order chi connectivity index (χ1) is 24.3. The Morgan fingerprint density at radius 1 is 1.08 bits per heavy atom. The summed E-state index contributed by atoms with van der Waals surface area (Å²) < 4.78 is 61.6. The molecule has 1 saturated heterocycles. The van der Waals surface area contributed by atoms with Gasteiger partial charge in [-0.25, -0.2) is 0 Å². The summed E-state index contributed by atoms with van der Waals surface area (Å²) in [5, 5.41) is 47.7. The van der Waals surface area contributed by atoms with E-state index in [1.165, 1.54) is 39.2 Å². The van der Waals surface area contributed by atoms with Crippen LogP contribution in [-0.2, 0) is 40.6 Å². The summed E-state index contributed by atoms with van der Waals surface area (Å²) in [6, 6.07) is 2.56. The molecule has 2 aliphatic carbocycles. The van der Waals surface area contributed by atoms with E-state index in [0.29, 0.717) is 12.8 Å². The number of ether oxygens (including phenoxy) is 4. The van der Waals surface area contributed by atoms with Crippen LogP contribution in [0.4, 0.5) is 13.2 Å². The third kappa shape index (κ3) is 6.85. The number of phenols is 2. The minimum absolute atomic E-state index is 0.00976. The normalized spacial score (nSPS) is 26.9. The molecule has 52 heavy (non-hydrogen) atoms. The number of hydrogen-bond acceptors (Lipinski definition) is 13. The van der Waals surface area contributed by atoms with Crippen molar-refractivity contribution >= 4 is 29.2 Å². The predicted octanol–water partition coefficient (Wildman–Crippen LogP) is 2.64. The van der Waals surface area contributed by atoms with Crippen molar-refractivity contribution in [3.8, 4) is 17.2 Å². The summed E-state index contributed by atoms with van der Waals surface area (Å²) in [6.45, 7) is 3.43. The standard InChI is InChI=1S/C35H38F3NO13/c1-5-6-10-21(41)50-13-20(40)34(48)12-17-26(31(46)25-24(29(17)44)28(43)16-8-7-9-19(49-4)23(16)30(25)45)33(3,14-34)52-22-11-18(27(42)15(2)51-22)39-32(47)35(36,37)38/h7-9,15,18,22,27,42,44,46,48H,5-6,10-14H2,1-4H3,(H,39,47)/t15-,18-,22-,27+,33-,34-/m0/s1. The van der Waals surface area contributed by atoms with E-state index in [1.807, 2.05) is 6.92 Å². The van der Waals surface area contributed by atoms with Gasteiger partial charge in [-0.15, -0.1) is 0 Å². The number of ketones is 3. The average molecular weight is 738 g/mol. The number of Topliss-reactive ketones (excluding diaryl/α,β-unsaturated/α-hetero) is 1. The van der Waals surface area contributed by atoms with Crippen LogP contribution in [0.15, 0.2) is 18.2 Å². The van der Waals surface area contributed by atoms with E-state index in [0.717, 1.165) is 0 Å². The topological polar surface area (TPSA) is 215 Å². The molecule has 1 heterocycles. The molecular formula is C35H38F3NO13. The van der Waals surface area contributed by atoms with Gasteiger partial charge in [0.05, 0.1) is 35.9 Å². The number of esters is 1. The van der Waals surface area contributed by atoms with E-state index in [2.05, 4.69) is 0 Å². The first-order valence-electron chi connectivity index (χ1n) is 16.5. The zero-order valence-corrected chi connectivity index (χ0v) is 28.6. The number of aliphatic hydroxyl groups is 2. The second kappa shape index (κ2) is 14.1. The molecule has 282 valence electrons. The molecule has 2 aromatic carbocycles. The Morgan fingerprint density at radius 2 is 1.75 bits per heavy atom. The molecule has 3 aliphatic rings. The molecule has 0 radical (unpaired) electrons. The minimum Gasteiger partial charge on any atom is -0.507 e. The number of alkyl halides is 3. The number of halogens is 3. The number of amides is 1. The number of nitrogens with one attached hydrogen (secondary N) is 1. The summed E-state index contributed by atoms with van der Waals surface area (Å²) >= 11 is 0. The Morgan fingerprint density at radius 3 is 2.38 bits per heavy atom. The number of phenolic OH excluding ortho intramolecular Hbond substituents is 2. The van der Waals surface area contributed by atoms with Gasteiger partial charge < -0.3 is 44.7 Å². The maximum atomic E-state index is 14.0. The van der Waals surface area contributed by atoms with Gasteiger partial charge in [-0.2, -0.15) is 13.2 Å². The molecule has 0 saturated carbocycles. The fraction of sp³-hybridized carbons (Fsp3) is 0.514. The number of rotatable bonds is 10. The molecule has 17 heteroatoms. The van der Waals surface area contributed by atoms with Crippen molar-refractivity contribution in [1.82, 2.24) is 5.32 Å². The number of methoxy groups -OCH3 is 1. The van der Waals surface area contributed by atoms with Gasteiger partial charge in [-0.1, -0.05) is 25.5 Å². The Kier molecular flexibility index (Phi) is 10.5. The van der Waals surface area contributed by atoms with E-state index in [1.54, 1.807) is 5.32 Å². The number of carbonyl (C=O) groups is 5. The van der Waals surface area contributed by atoms with E-state index < -0.39 is 125 Å². The second-order valence-electron chi connectivity index (χ2n) is 13.3. The Balaban J connectivity index is 1.62. The lowest BCUT2D eigenvalue weighted by Gasteiger charge is -2.47. The maximum Gasteiger partial charge on any atom is 0.471 e. The third-order valence-electron chi connectivity index (χ3n) is 9.64. The number of aliphatic hydroxyl groups excluding tert-OH is 1. The van der Waals surface area contributed by atoms with Crippen LogP contribution < -0.4 is 10.1 Å². The Bertz CT molecular complexity index is 1830. The van der Waals surface area contributed by atoms with E-state index >= 15 is 0 Å². The van der Waals surface area contributed by atoms with E-state index in [9.17, 15) is 57.6 Å². The Hall–Kier alpha value is -4.58. The monoisotopic (exact) mass is 737 g/mol. The van der Waals surface area contributed by atoms with Crippen molar-refractivity contribution < 1.29 is 76.5 Å². The van der Waals surface area contributed by atoms with Crippen molar-refractivity contribution in [2.24, 2.45) is 0 Å². The zero-order chi connectivity index (χ0) is 38.5. The molecule has 0 unspecified atom stereocenters. The summed E-state index contributed by atoms with van der Waals surface area (Å²) in [5.41, 5.74) is -7.09. The predicted molar refractivity (Wildman–Crippen MR) is 170 cm³/mol. The summed E-state index contributed by atoms with van der Waals surface area (Å²) in [7, 11) is 1.25. The van der Waals surface area contributed by atoms with Crippen molar-refractivity contribution in [3.63, 3.8) is 0 Å².